The lowest BCUT2D eigenvalue weighted by atomic mass is 9.92. The number of aliphatic hydroxyl groups excluding tert-OH is 2. The average Bonchev–Trinajstić information content (AvgIpc) is 3.34. The van der Waals surface area contributed by atoms with Crippen LogP contribution in [0.5, 0.6) is 0 Å². The van der Waals surface area contributed by atoms with E-state index in [4.69, 9.17) is 0 Å². The molecule has 0 bridgehead atoms. The van der Waals surface area contributed by atoms with E-state index in [1.807, 2.05) is 6.07 Å². The number of sulfonamides is 1. The zero-order chi connectivity index (χ0) is 29.4. The van der Waals surface area contributed by atoms with Gasteiger partial charge in [-0.15, -0.1) is 11.3 Å². The summed E-state index contributed by atoms with van der Waals surface area (Å²) >= 11 is 0.814. The van der Waals surface area contributed by atoms with E-state index in [9.17, 15) is 42.3 Å². The minimum absolute atomic E-state index is 0.0249. The van der Waals surface area contributed by atoms with Gasteiger partial charge in [-0.05, 0) is 36.2 Å². The van der Waals surface area contributed by atoms with Crippen LogP contribution in [0.25, 0.3) is 0 Å². The fraction of sp³-hybridized carbons (Fsp3) is 0.280. The first-order valence-corrected chi connectivity index (χ1v) is 14.4. The van der Waals surface area contributed by atoms with Gasteiger partial charge in [0, 0.05) is 17.0 Å². The normalized spacial score (nSPS) is 14.3. The van der Waals surface area contributed by atoms with Crippen molar-refractivity contribution in [1.29, 1.82) is 5.26 Å². The molecule has 4 atom stereocenters. The SMILES string of the molecule is CS(=O)(=O)Nc1nc(C(=O)N[C@@H](Cc2cc(F)cc(F)c2)[C@@H](O)[C@H](O)[C@@H](CC#N)NC(=O)c2ccccc2)cs1. The maximum atomic E-state index is 13.8. The van der Waals surface area contributed by atoms with Crippen LogP contribution in [0, 0.1) is 23.0 Å². The number of halogens is 2. The number of nitrogens with one attached hydrogen (secondary N) is 3. The van der Waals surface area contributed by atoms with Crippen LogP contribution in [0.15, 0.2) is 53.9 Å². The van der Waals surface area contributed by atoms with Crippen molar-refractivity contribution in [2.75, 3.05) is 11.0 Å². The molecule has 15 heteroatoms. The van der Waals surface area contributed by atoms with Gasteiger partial charge in [0.25, 0.3) is 11.8 Å². The molecule has 2 aromatic carbocycles. The Morgan fingerprint density at radius 1 is 1.02 bits per heavy atom. The molecule has 0 aliphatic heterocycles. The molecule has 3 aromatic rings. The number of benzene rings is 2. The Bertz CT molecular complexity index is 1480. The quantitative estimate of drug-likeness (QED) is 0.210. The molecule has 0 unspecified atom stereocenters. The molecule has 0 aliphatic carbocycles. The molecule has 0 saturated heterocycles. The third kappa shape index (κ3) is 8.78. The van der Waals surface area contributed by atoms with Crippen molar-refractivity contribution in [3.8, 4) is 6.07 Å². The minimum Gasteiger partial charge on any atom is -0.388 e. The van der Waals surface area contributed by atoms with Gasteiger partial charge < -0.3 is 20.8 Å². The second kappa shape index (κ2) is 13.4. The molecular weight excluding hydrogens is 568 g/mol. The van der Waals surface area contributed by atoms with Gasteiger partial charge >= 0.3 is 0 Å². The number of hydrogen-bond acceptors (Lipinski definition) is 9. The fourth-order valence-corrected chi connectivity index (χ4v) is 5.28. The number of anilines is 1. The first kappa shape index (κ1) is 30.6. The number of nitrogens with zero attached hydrogens (tertiary/aromatic N) is 2. The lowest BCUT2D eigenvalue weighted by molar-refractivity contribution is -0.0212. The molecule has 1 aromatic heterocycles. The second-order valence-corrected chi connectivity index (χ2v) is 11.4. The molecule has 0 fully saturated rings. The summed E-state index contributed by atoms with van der Waals surface area (Å²) in [5.41, 5.74) is 0.0189. The number of nitriles is 1. The predicted octanol–water partition coefficient (Wildman–Crippen LogP) is 1.57. The van der Waals surface area contributed by atoms with E-state index in [0.29, 0.717) is 6.07 Å². The third-order valence-electron chi connectivity index (χ3n) is 5.54. The molecule has 11 nitrogen and oxygen atoms in total. The molecule has 5 N–H and O–H groups in total. The minimum atomic E-state index is -3.67. The van der Waals surface area contributed by atoms with Gasteiger partial charge in [-0.2, -0.15) is 5.26 Å². The van der Waals surface area contributed by atoms with Crippen molar-refractivity contribution in [1.82, 2.24) is 15.6 Å². The van der Waals surface area contributed by atoms with Gasteiger partial charge in [-0.1, -0.05) is 18.2 Å². The number of aromatic nitrogens is 1. The molecule has 0 radical (unpaired) electrons. The number of aliphatic hydroxyl groups is 2. The van der Waals surface area contributed by atoms with Crippen LogP contribution in [-0.4, -0.2) is 66.0 Å². The summed E-state index contributed by atoms with van der Waals surface area (Å²) < 4.78 is 52.7. The van der Waals surface area contributed by atoms with E-state index in [2.05, 4.69) is 20.3 Å². The summed E-state index contributed by atoms with van der Waals surface area (Å²) in [6.45, 7) is 0. The van der Waals surface area contributed by atoms with E-state index >= 15 is 0 Å². The number of carbonyl (C=O) groups is 2. The Morgan fingerprint density at radius 3 is 2.23 bits per heavy atom. The lowest BCUT2D eigenvalue weighted by Crippen LogP contribution is -2.56. The maximum Gasteiger partial charge on any atom is 0.271 e. The standard InChI is InChI=1S/C25H25F2N5O6S2/c1-40(37,38)32-25-31-20(13-39-25)24(36)30-19(11-14-9-16(26)12-17(27)10-14)22(34)21(33)18(7-8-28)29-23(35)15-5-3-2-4-6-15/h2-6,9-10,12-13,18-19,21-22,33-34H,7,11H2,1H3,(H,29,35)(H,30,36)(H,31,32)/t18-,19+,21-,22-/m1/s1. The molecule has 3 rings (SSSR count). The number of hydrogen-bond donors (Lipinski definition) is 5. The number of amides is 2. The van der Waals surface area contributed by atoms with Crippen molar-refractivity contribution in [3.63, 3.8) is 0 Å². The monoisotopic (exact) mass is 593 g/mol. The van der Waals surface area contributed by atoms with Gasteiger partial charge in [-0.25, -0.2) is 22.2 Å². The summed E-state index contributed by atoms with van der Waals surface area (Å²) in [5.74, 6) is -3.35. The first-order chi connectivity index (χ1) is 18.9. The van der Waals surface area contributed by atoms with Crippen LogP contribution in [0.1, 0.15) is 32.8 Å². The summed E-state index contributed by atoms with van der Waals surface area (Å²) in [5, 5.41) is 37.4. The van der Waals surface area contributed by atoms with Crippen LogP contribution in [0.3, 0.4) is 0 Å². The van der Waals surface area contributed by atoms with Crippen molar-refractivity contribution in [2.45, 2.75) is 37.1 Å². The highest BCUT2D eigenvalue weighted by Crippen LogP contribution is 2.19. The van der Waals surface area contributed by atoms with E-state index in [-0.39, 0.29) is 28.4 Å². The van der Waals surface area contributed by atoms with E-state index < -0.39 is 64.2 Å². The van der Waals surface area contributed by atoms with E-state index in [1.165, 1.54) is 17.5 Å². The van der Waals surface area contributed by atoms with Crippen LogP contribution in [0.2, 0.25) is 0 Å². The molecule has 40 heavy (non-hydrogen) atoms. The number of rotatable bonds is 12. The Labute approximate surface area is 232 Å². The smallest absolute Gasteiger partial charge is 0.271 e. The molecule has 0 aliphatic rings. The van der Waals surface area contributed by atoms with Gasteiger partial charge in [0.05, 0.1) is 30.8 Å². The van der Waals surface area contributed by atoms with E-state index in [0.717, 1.165) is 29.7 Å². The summed E-state index contributed by atoms with van der Waals surface area (Å²) in [4.78, 5) is 29.4. The summed E-state index contributed by atoms with van der Waals surface area (Å²) in [7, 11) is -3.67. The fourth-order valence-electron chi connectivity index (χ4n) is 3.74. The molecule has 212 valence electrons. The summed E-state index contributed by atoms with van der Waals surface area (Å²) in [6.07, 6.45) is -3.55. The second-order valence-electron chi connectivity index (χ2n) is 8.76. The maximum absolute atomic E-state index is 13.8. The largest absolute Gasteiger partial charge is 0.388 e. The first-order valence-electron chi connectivity index (χ1n) is 11.6. The highest BCUT2D eigenvalue weighted by Gasteiger charge is 2.35. The zero-order valence-corrected chi connectivity index (χ0v) is 22.5. The van der Waals surface area contributed by atoms with Gasteiger partial charge in [0.15, 0.2) is 5.13 Å². The van der Waals surface area contributed by atoms with Crippen molar-refractivity contribution in [3.05, 3.63) is 82.4 Å². The Balaban J connectivity index is 1.86. The zero-order valence-electron chi connectivity index (χ0n) is 20.9. The highest BCUT2D eigenvalue weighted by molar-refractivity contribution is 7.92. The Kier molecular flexibility index (Phi) is 10.2. The van der Waals surface area contributed by atoms with Crippen LogP contribution >= 0.6 is 11.3 Å². The van der Waals surface area contributed by atoms with Gasteiger partial charge in [0.2, 0.25) is 10.0 Å². The topological polar surface area (TPSA) is 182 Å². The van der Waals surface area contributed by atoms with E-state index in [1.54, 1.807) is 18.2 Å². The number of thiazole rings is 1. The van der Waals surface area contributed by atoms with Crippen molar-refractivity contribution >= 4 is 38.3 Å². The third-order valence-corrected chi connectivity index (χ3v) is 6.99. The number of carbonyl (C=O) groups excluding carboxylic acids is 2. The van der Waals surface area contributed by atoms with Crippen LogP contribution < -0.4 is 15.4 Å². The molecular formula is C25H25F2N5O6S2. The highest BCUT2D eigenvalue weighted by atomic mass is 32.2. The Hall–Kier alpha value is -3.97. The lowest BCUT2D eigenvalue weighted by Gasteiger charge is -2.32. The predicted molar refractivity (Wildman–Crippen MR) is 142 cm³/mol. The molecule has 0 spiro atoms. The van der Waals surface area contributed by atoms with Crippen molar-refractivity contribution < 1.29 is 37.0 Å². The van der Waals surface area contributed by atoms with Gasteiger partial charge in [-0.3, -0.25) is 14.3 Å². The average molecular weight is 594 g/mol. The Morgan fingerprint density at radius 2 is 1.62 bits per heavy atom. The summed E-state index contributed by atoms with van der Waals surface area (Å²) in [6, 6.07) is 9.63. The van der Waals surface area contributed by atoms with Gasteiger partial charge in [0.1, 0.15) is 29.5 Å². The molecule has 1 heterocycles. The van der Waals surface area contributed by atoms with Crippen LogP contribution in [-0.2, 0) is 16.4 Å². The van der Waals surface area contributed by atoms with Crippen LogP contribution in [0.4, 0.5) is 13.9 Å². The van der Waals surface area contributed by atoms with Crippen molar-refractivity contribution in [2.24, 2.45) is 0 Å². The molecule has 0 saturated carbocycles. The molecule has 2 amide bonds.